The van der Waals surface area contributed by atoms with Gasteiger partial charge in [-0.2, -0.15) is 0 Å². The SMILES string of the molecule is CC(=O)c1ccc(NC(=O)/C=C/c2cnc3sccn23)cc1. The minimum absolute atomic E-state index is 0.00159. The molecule has 0 spiro atoms. The Morgan fingerprint density at radius 2 is 2.05 bits per heavy atom. The van der Waals surface area contributed by atoms with E-state index in [0.29, 0.717) is 11.3 Å². The van der Waals surface area contributed by atoms with Crippen LogP contribution in [-0.4, -0.2) is 21.1 Å². The first-order valence-corrected chi connectivity index (χ1v) is 7.52. The van der Waals surface area contributed by atoms with Crippen LogP contribution in [0.15, 0.2) is 48.1 Å². The van der Waals surface area contributed by atoms with Crippen molar-refractivity contribution >= 4 is 39.8 Å². The summed E-state index contributed by atoms with van der Waals surface area (Å²) in [5.41, 5.74) is 2.11. The molecule has 2 heterocycles. The van der Waals surface area contributed by atoms with Gasteiger partial charge in [-0.05, 0) is 37.3 Å². The molecule has 2 aromatic heterocycles. The summed E-state index contributed by atoms with van der Waals surface area (Å²) in [4.78, 5) is 28.2. The largest absolute Gasteiger partial charge is 0.323 e. The Bertz CT molecular complexity index is 859. The Balaban J connectivity index is 1.68. The number of aromatic nitrogens is 2. The van der Waals surface area contributed by atoms with Gasteiger partial charge in [-0.25, -0.2) is 4.98 Å². The number of anilines is 1. The van der Waals surface area contributed by atoms with Crippen LogP contribution in [0.5, 0.6) is 0 Å². The second kappa shape index (κ2) is 5.95. The summed E-state index contributed by atoms with van der Waals surface area (Å²) < 4.78 is 1.91. The third-order valence-electron chi connectivity index (χ3n) is 3.14. The summed E-state index contributed by atoms with van der Waals surface area (Å²) >= 11 is 1.54. The van der Waals surface area contributed by atoms with Crippen LogP contribution in [0, 0.1) is 0 Å². The molecule has 5 nitrogen and oxygen atoms in total. The minimum atomic E-state index is -0.235. The summed E-state index contributed by atoms with van der Waals surface area (Å²) in [5.74, 6) is -0.237. The van der Waals surface area contributed by atoms with Gasteiger partial charge in [0.05, 0.1) is 11.9 Å². The lowest BCUT2D eigenvalue weighted by Gasteiger charge is -2.02. The van der Waals surface area contributed by atoms with E-state index >= 15 is 0 Å². The molecule has 0 saturated heterocycles. The molecule has 22 heavy (non-hydrogen) atoms. The molecule has 6 heteroatoms. The van der Waals surface area contributed by atoms with Gasteiger partial charge in [0.1, 0.15) is 0 Å². The number of hydrogen-bond donors (Lipinski definition) is 1. The van der Waals surface area contributed by atoms with E-state index in [1.807, 2.05) is 16.0 Å². The molecule has 0 aliphatic heterocycles. The van der Waals surface area contributed by atoms with Gasteiger partial charge in [0.15, 0.2) is 10.7 Å². The van der Waals surface area contributed by atoms with Crippen molar-refractivity contribution in [2.24, 2.45) is 0 Å². The van der Waals surface area contributed by atoms with Gasteiger partial charge >= 0.3 is 0 Å². The molecule has 0 aliphatic carbocycles. The minimum Gasteiger partial charge on any atom is -0.323 e. The average molecular weight is 311 g/mol. The fourth-order valence-electron chi connectivity index (χ4n) is 2.00. The molecule has 1 N–H and O–H groups in total. The van der Waals surface area contributed by atoms with Gasteiger partial charge in [-0.3, -0.25) is 14.0 Å². The van der Waals surface area contributed by atoms with E-state index in [4.69, 9.17) is 0 Å². The Labute approximate surface area is 130 Å². The second-order valence-corrected chi connectivity index (χ2v) is 5.57. The van der Waals surface area contributed by atoms with Crippen LogP contribution in [0.25, 0.3) is 11.0 Å². The maximum Gasteiger partial charge on any atom is 0.248 e. The third-order valence-corrected chi connectivity index (χ3v) is 3.91. The fraction of sp³-hybridized carbons (Fsp3) is 0.0625. The number of hydrogen-bond acceptors (Lipinski definition) is 4. The van der Waals surface area contributed by atoms with Crippen molar-refractivity contribution in [3.63, 3.8) is 0 Å². The van der Waals surface area contributed by atoms with Crippen molar-refractivity contribution in [2.75, 3.05) is 5.32 Å². The van der Waals surface area contributed by atoms with Gasteiger partial charge in [-0.1, -0.05) is 0 Å². The van der Waals surface area contributed by atoms with Crippen molar-refractivity contribution in [1.29, 1.82) is 0 Å². The van der Waals surface area contributed by atoms with E-state index in [1.165, 1.54) is 24.3 Å². The monoisotopic (exact) mass is 311 g/mol. The molecule has 110 valence electrons. The van der Waals surface area contributed by atoms with E-state index in [2.05, 4.69) is 10.3 Å². The number of carbonyl (C=O) groups is 2. The summed E-state index contributed by atoms with van der Waals surface area (Å²) in [6.45, 7) is 1.51. The number of imidazole rings is 1. The number of amides is 1. The van der Waals surface area contributed by atoms with E-state index in [0.717, 1.165) is 10.7 Å². The standard InChI is InChI=1S/C16H13N3O2S/c1-11(20)12-2-4-13(5-3-12)18-15(21)7-6-14-10-17-16-19(14)8-9-22-16/h2-10H,1H3,(H,18,21)/b7-6+. The zero-order chi connectivity index (χ0) is 15.5. The van der Waals surface area contributed by atoms with E-state index in [-0.39, 0.29) is 11.7 Å². The summed E-state index contributed by atoms with van der Waals surface area (Å²) in [7, 11) is 0. The maximum absolute atomic E-state index is 11.9. The third kappa shape index (κ3) is 2.96. The van der Waals surface area contributed by atoms with E-state index in [9.17, 15) is 9.59 Å². The Morgan fingerprint density at radius 3 is 2.77 bits per heavy atom. The smallest absolute Gasteiger partial charge is 0.248 e. The second-order valence-electron chi connectivity index (χ2n) is 4.69. The highest BCUT2D eigenvalue weighted by atomic mass is 32.1. The topological polar surface area (TPSA) is 63.5 Å². The van der Waals surface area contributed by atoms with Crippen LogP contribution in [0.4, 0.5) is 5.69 Å². The van der Waals surface area contributed by atoms with Gasteiger partial charge in [-0.15, -0.1) is 11.3 Å². The quantitative estimate of drug-likeness (QED) is 0.594. The molecule has 3 aromatic rings. The van der Waals surface area contributed by atoms with Crippen LogP contribution in [0.1, 0.15) is 23.0 Å². The summed E-state index contributed by atoms with van der Waals surface area (Å²) in [5, 5.41) is 4.69. The molecule has 0 aliphatic rings. The maximum atomic E-state index is 11.9. The highest BCUT2D eigenvalue weighted by molar-refractivity contribution is 7.15. The number of Topliss-reactive ketones (excluding diaryl/α,β-unsaturated/α-hetero) is 1. The number of nitrogens with one attached hydrogen (secondary N) is 1. The van der Waals surface area contributed by atoms with Crippen LogP contribution >= 0.6 is 11.3 Å². The summed E-state index contributed by atoms with van der Waals surface area (Å²) in [6, 6.07) is 6.79. The van der Waals surface area contributed by atoms with Crippen molar-refractivity contribution in [1.82, 2.24) is 9.38 Å². The molecule has 0 unspecified atom stereocenters. The molecule has 1 amide bonds. The van der Waals surface area contributed by atoms with Crippen molar-refractivity contribution in [3.05, 3.63) is 59.4 Å². The predicted octanol–water partition coefficient (Wildman–Crippen LogP) is 3.25. The predicted molar refractivity (Wildman–Crippen MR) is 87.2 cm³/mol. The average Bonchev–Trinajstić information content (AvgIpc) is 3.09. The fourth-order valence-corrected chi connectivity index (χ4v) is 2.70. The normalized spacial score (nSPS) is 11.1. The number of thiazole rings is 1. The first-order valence-electron chi connectivity index (χ1n) is 6.64. The van der Waals surface area contributed by atoms with Crippen LogP contribution in [0.2, 0.25) is 0 Å². The van der Waals surface area contributed by atoms with Gasteiger partial charge in [0.25, 0.3) is 0 Å². The first kappa shape index (κ1) is 14.2. The highest BCUT2D eigenvalue weighted by Gasteiger charge is 2.03. The zero-order valence-electron chi connectivity index (χ0n) is 11.8. The lowest BCUT2D eigenvalue weighted by Crippen LogP contribution is -2.07. The molecule has 0 bridgehead atoms. The molecule has 0 radical (unpaired) electrons. The van der Waals surface area contributed by atoms with Gasteiger partial charge in [0.2, 0.25) is 5.91 Å². The molecule has 0 atom stereocenters. The number of nitrogens with zero attached hydrogens (tertiary/aromatic N) is 2. The molecule has 3 rings (SSSR count). The van der Waals surface area contributed by atoms with Gasteiger partial charge < -0.3 is 5.32 Å². The van der Waals surface area contributed by atoms with Gasteiger partial charge in [0, 0.05) is 28.9 Å². The van der Waals surface area contributed by atoms with Crippen LogP contribution < -0.4 is 5.32 Å². The number of fused-ring (bicyclic) bond motifs is 1. The number of benzene rings is 1. The number of carbonyl (C=O) groups excluding carboxylic acids is 2. The summed E-state index contributed by atoms with van der Waals surface area (Å²) in [6.07, 6.45) is 6.80. The van der Waals surface area contributed by atoms with Crippen molar-refractivity contribution in [2.45, 2.75) is 6.92 Å². The molecule has 1 aromatic carbocycles. The van der Waals surface area contributed by atoms with Crippen molar-refractivity contribution < 1.29 is 9.59 Å². The van der Waals surface area contributed by atoms with Crippen LogP contribution in [0.3, 0.4) is 0 Å². The Kier molecular flexibility index (Phi) is 3.84. The Morgan fingerprint density at radius 1 is 1.27 bits per heavy atom. The molecular weight excluding hydrogens is 298 g/mol. The van der Waals surface area contributed by atoms with Crippen LogP contribution in [-0.2, 0) is 4.79 Å². The first-order chi connectivity index (χ1) is 10.6. The lowest BCUT2D eigenvalue weighted by atomic mass is 10.1. The number of ketones is 1. The van der Waals surface area contributed by atoms with E-state index in [1.54, 1.807) is 36.5 Å². The number of rotatable bonds is 4. The lowest BCUT2D eigenvalue weighted by molar-refractivity contribution is -0.111. The zero-order valence-corrected chi connectivity index (χ0v) is 12.6. The van der Waals surface area contributed by atoms with E-state index < -0.39 is 0 Å². The molecule has 0 fully saturated rings. The highest BCUT2D eigenvalue weighted by Crippen LogP contribution is 2.14. The van der Waals surface area contributed by atoms with Crippen molar-refractivity contribution in [3.8, 4) is 0 Å². The molecule has 0 saturated carbocycles. The molecular formula is C16H13N3O2S. The Hall–Kier alpha value is -2.73.